The van der Waals surface area contributed by atoms with E-state index in [1.807, 2.05) is 24.3 Å². The van der Waals surface area contributed by atoms with Crippen molar-refractivity contribution >= 4 is 5.91 Å². The molecule has 0 radical (unpaired) electrons. The van der Waals surface area contributed by atoms with Crippen molar-refractivity contribution in [3.8, 4) is 0 Å². The number of benzene rings is 1. The molecule has 2 N–H and O–H groups in total. The van der Waals surface area contributed by atoms with E-state index in [1.165, 1.54) is 0 Å². The number of rotatable bonds is 5. The molecule has 1 aromatic carbocycles. The first-order chi connectivity index (χ1) is 9.94. The van der Waals surface area contributed by atoms with Crippen LogP contribution in [0.1, 0.15) is 49.0 Å². The normalized spacial score (nSPS) is 16.7. The molecular formula is C17H25NO3. The SMILES string of the molecule is CC(C)(O)CCc1cccc(C(=O)NC2CCOCC2)c1. The van der Waals surface area contributed by atoms with Gasteiger partial charge in [0.05, 0.1) is 5.60 Å². The lowest BCUT2D eigenvalue weighted by Gasteiger charge is -2.23. The monoisotopic (exact) mass is 291 g/mol. The van der Waals surface area contributed by atoms with Crippen LogP contribution in [-0.4, -0.2) is 35.9 Å². The van der Waals surface area contributed by atoms with Crippen LogP contribution >= 0.6 is 0 Å². The van der Waals surface area contributed by atoms with Crippen LogP contribution in [0.4, 0.5) is 0 Å². The quantitative estimate of drug-likeness (QED) is 0.875. The van der Waals surface area contributed by atoms with Gasteiger partial charge in [-0.1, -0.05) is 12.1 Å². The fraction of sp³-hybridized carbons (Fsp3) is 0.588. The molecule has 21 heavy (non-hydrogen) atoms. The van der Waals surface area contributed by atoms with Crippen LogP contribution < -0.4 is 5.32 Å². The smallest absolute Gasteiger partial charge is 0.251 e. The Morgan fingerprint density at radius 1 is 1.38 bits per heavy atom. The average Bonchev–Trinajstić information content (AvgIpc) is 2.46. The molecule has 0 bridgehead atoms. The van der Waals surface area contributed by atoms with E-state index >= 15 is 0 Å². The Kier molecular flexibility index (Phi) is 5.37. The van der Waals surface area contributed by atoms with Crippen molar-refractivity contribution in [2.24, 2.45) is 0 Å². The molecule has 0 unspecified atom stereocenters. The maximum Gasteiger partial charge on any atom is 0.251 e. The molecule has 4 nitrogen and oxygen atoms in total. The highest BCUT2D eigenvalue weighted by molar-refractivity contribution is 5.94. The zero-order valence-corrected chi connectivity index (χ0v) is 12.9. The second-order valence-electron chi connectivity index (χ2n) is 6.37. The Morgan fingerprint density at radius 2 is 2.10 bits per heavy atom. The number of carbonyl (C=O) groups is 1. The number of hydrogen-bond acceptors (Lipinski definition) is 3. The van der Waals surface area contributed by atoms with Crippen LogP contribution in [-0.2, 0) is 11.2 Å². The van der Waals surface area contributed by atoms with Gasteiger partial charge < -0.3 is 15.2 Å². The van der Waals surface area contributed by atoms with Gasteiger partial charge in [0.15, 0.2) is 0 Å². The summed E-state index contributed by atoms with van der Waals surface area (Å²) in [5.41, 5.74) is 1.09. The molecule has 0 spiro atoms. The summed E-state index contributed by atoms with van der Waals surface area (Å²) in [6.45, 7) is 5.04. The first-order valence-electron chi connectivity index (χ1n) is 7.64. The summed E-state index contributed by atoms with van der Waals surface area (Å²) in [6, 6.07) is 7.87. The van der Waals surface area contributed by atoms with Gasteiger partial charge in [-0.05, 0) is 57.2 Å². The van der Waals surface area contributed by atoms with Crippen LogP contribution in [0.15, 0.2) is 24.3 Å². The number of carbonyl (C=O) groups excluding carboxylic acids is 1. The van der Waals surface area contributed by atoms with Crippen molar-refractivity contribution in [1.29, 1.82) is 0 Å². The van der Waals surface area contributed by atoms with E-state index in [2.05, 4.69) is 5.32 Å². The minimum atomic E-state index is -0.680. The van der Waals surface area contributed by atoms with Crippen molar-refractivity contribution in [1.82, 2.24) is 5.32 Å². The molecule has 1 amide bonds. The molecule has 0 saturated carbocycles. The van der Waals surface area contributed by atoms with E-state index < -0.39 is 5.60 Å². The average molecular weight is 291 g/mol. The highest BCUT2D eigenvalue weighted by Gasteiger charge is 2.17. The molecule has 1 fully saturated rings. The molecule has 1 aromatic rings. The highest BCUT2D eigenvalue weighted by atomic mass is 16.5. The fourth-order valence-corrected chi connectivity index (χ4v) is 2.43. The molecule has 1 aliphatic heterocycles. The lowest BCUT2D eigenvalue weighted by atomic mass is 9.97. The van der Waals surface area contributed by atoms with E-state index in [1.54, 1.807) is 13.8 Å². The number of amides is 1. The van der Waals surface area contributed by atoms with Crippen LogP contribution in [0.2, 0.25) is 0 Å². The van der Waals surface area contributed by atoms with Gasteiger partial charge in [-0.3, -0.25) is 4.79 Å². The van der Waals surface area contributed by atoms with E-state index in [0.717, 1.165) is 38.0 Å². The molecule has 2 rings (SSSR count). The maximum absolute atomic E-state index is 12.3. The Morgan fingerprint density at radius 3 is 2.76 bits per heavy atom. The van der Waals surface area contributed by atoms with Gasteiger partial charge in [0, 0.05) is 24.8 Å². The van der Waals surface area contributed by atoms with Gasteiger partial charge in [0.1, 0.15) is 0 Å². The molecular weight excluding hydrogens is 266 g/mol. The molecule has 0 atom stereocenters. The number of ether oxygens (including phenoxy) is 1. The zero-order chi connectivity index (χ0) is 15.3. The predicted molar refractivity (Wildman–Crippen MR) is 82.4 cm³/mol. The molecule has 0 aromatic heterocycles. The van der Waals surface area contributed by atoms with E-state index in [4.69, 9.17) is 4.74 Å². The zero-order valence-electron chi connectivity index (χ0n) is 12.9. The number of aliphatic hydroxyl groups is 1. The van der Waals surface area contributed by atoms with Gasteiger partial charge in [-0.25, -0.2) is 0 Å². The summed E-state index contributed by atoms with van der Waals surface area (Å²) < 4.78 is 5.29. The van der Waals surface area contributed by atoms with Gasteiger partial charge in [0.25, 0.3) is 5.91 Å². The minimum absolute atomic E-state index is 0.0213. The summed E-state index contributed by atoms with van der Waals surface area (Å²) in [5.74, 6) is -0.0213. The first-order valence-corrected chi connectivity index (χ1v) is 7.64. The van der Waals surface area contributed by atoms with Crippen molar-refractivity contribution < 1.29 is 14.6 Å². The van der Waals surface area contributed by atoms with Crippen molar-refractivity contribution in [2.45, 2.75) is 51.2 Å². The number of nitrogens with one attached hydrogen (secondary N) is 1. The minimum Gasteiger partial charge on any atom is -0.390 e. The second-order valence-corrected chi connectivity index (χ2v) is 6.37. The topological polar surface area (TPSA) is 58.6 Å². The second kappa shape index (κ2) is 7.05. The Bertz CT molecular complexity index is 473. The summed E-state index contributed by atoms with van der Waals surface area (Å²) >= 11 is 0. The fourth-order valence-electron chi connectivity index (χ4n) is 2.43. The van der Waals surface area contributed by atoms with Crippen LogP contribution in [0, 0.1) is 0 Å². The number of aryl methyl sites for hydroxylation is 1. The van der Waals surface area contributed by atoms with Gasteiger partial charge in [0.2, 0.25) is 0 Å². The van der Waals surface area contributed by atoms with E-state index in [-0.39, 0.29) is 11.9 Å². The Labute approximate surface area is 126 Å². The van der Waals surface area contributed by atoms with Crippen molar-refractivity contribution in [2.75, 3.05) is 13.2 Å². The van der Waals surface area contributed by atoms with Crippen LogP contribution in [0.25, 0.3) is 0 Å². The lowest BCUT2D eigenvalue weighted by Crippen LogP contribution is -2.38. The van der Waals surface area contributed by atoms with Crippen LogP contribution in [0.3, 0.4) is 0 Å². The van der Waals surface area contributed by atoms with E-state index in [0.29, 0.717) is 12.0 Å². The Balaban J connectivity index is 1.94. The molecule has 1 heterocycles. The molecule has 116 valence electrons. The molecule has 4 heteroatoms. The molecule has 1 saturated heterocycles. The standard InChI is InChI=1S/C17H25NO3/c1-17(2,20)9-6-13-4-3-5-14(12-13)16(19)18-15-7-10-21-11-8-15/h3-5,12,15,20H,6-11H2,1-2H3,(H,18,19). The molecule has 0 aliphatic carbocycles. The third-order valence-corrected chi connectivity index (χ3v) is 3.77. The summed E-state index contributed by atoms with van der Waals surface area (Å²) in [6.07, 6.45) is 3.20. The van der Waals surface area contributed by atoms with E-state index in [9.17, 15) is 9.90 Å². The maximum atomic E-state index is 12.3. The largest absolute Gasteiger partial charge is 0.390 e. The highest BCUT2D eigenvalue weighted by Crippen LogP contribution is 2.15. The van der Waals surface area contributed by atoms with Crippen molar-refractivity contribution in [3.05, 3.63) is 35.4 Å². The summed E-state index contributed by atoms with van der Waals surface area (Å²) in [7, 11) is 0. The third-order valence-electron chi connectivity index (χ3n) is 3.77. The third kappa shape index (κ3) is 5.48. The van der Waals surface area contributed by atoms with Gasteiger partial charge in [-0.2, -0.15) is 0 Å². The Hall–Kier alpha value is -1.39. The van der Waals surface area contributed by atoms with Crippen molar-refractivity contribution in [3.63, 3.8) is 0 Å². The predicted octanol–water partition coefficient (Wildman–Crippen LogP) is 2.30. The summed E-state index contributed by atoms with van der Waals surface area (Å²) in [5, 5.41) is 12.8. The lowest BCUT2D eigenvalue weighted by molar-refractivity contribution is 0.0696. The van der Waals surface area contributed by atoms with Crippen LogP contribution in [0.5, 0.6) is 0 Å². The first kappa shape index (κ1) is 16.0. The van der Waals surface area contributed by atoms with Gasteiger partial charge >= 0.3 is 0 Å². The van der Waals surface area contributed by atoms with Gasteiger partial charge in [-0.15, -0.1) is 0 Å². The molecule has 1 aliphatic rings. The summed E-state index contributed by atoms with van der Waals surface area (Å²) in [4.78, 5) is 12.3. The number of hydrogen-bond donors (Lipinski definition) is 2.